The molecule has 1 aromatic rings. The lowest BCUT2D eigenvalue weighted by molar-refractivity contribution is -0.147. The van der Waals surface area contributed by atoms with Crippen LogP contribution in [-0.2, 0) is 9.59 Å². The van der Waals surface area contributed by atoms with Crippen LogP contribution in [0.4, 0.5) is 0 Å². The Balaban J connectivity index is 1.91. The second-order valence-electron chi connectivity index (χ2n) is 5.39. The smallest absolute Gasteiger partial charge is 0.307 e. The molecule has 0 fully saturated rings. The van der Waals surface area contributed by atoms with E-state index in [0.717, 1.165) is 0 Å². The molecule has 0 unspecified atom stereocenters. The van der Waals surface area contributed by atoms with Gasteiger partial charge in [-0.15, -0.1) is 0 Å². The van der Waals surface area contributed by atoms with Crippen LogP contribution in [0.25, 0.3) is 0 Å². The number of allylic oxidation sites excluding steroid dienone is 2. The number of hydrazine groups is 1. The number of carbonyl (C=O) groups excluding carboxylic acids is 2. The highest BCUT2D eigenvalue weighted by Crippen LogP contribution is 2.25. The van der Waals surface area contributed by atoms with E-state index in [-0.39, 0.29) is 0 Å². The van der Waals surface area contributed by atoms with E-state index < -0.39 is 29.6 Å². The molecule has 1 aliphatic carbocycles. The van der Waals surface area contributed by atoms with Crippen LogP contribution in [0.5, 0.6) is 5.75 Å². The molecule has 1 aliphatic rings. The number of carbonyl (C=O) groups is 3. The van der Waals surface area contributed by atoms with Crippen molar-refractivity contribution < 1.29 is 24.2 Å². The molecule has 24 heavy (non-hydrogen) atoms. The molecule has 0 saturated carbocycles. The fourth-order valence-corrected chi connectivity index (χ4v) is 2.53. The lowest BCUT2D eigenvalue weighted by atomic mass is 9.82. The molecule has 0 saturated heterocycles. The van der Waals surface area contributed by atoms with Crippen molar-refractivity contribution in [3.05, 3.63) is 42.0 Å². The minimum atomic E-state index is -1.02. The Bertz CT molecular complexity index is 639. The van der Waals surface area contributed by atoms with Crippen molar-refractivity contribution in [2.24, 2.45) is 11.8 Å². The Morgan fingerprint density at radius 2 is 1.71 bits per heavy atom. The largest absolute Gasteiger partial charge is 0.494 e. The number of ether oxygens (including phenoxy) is 1. The van der Waals surface area contributed by atoms with Crippen LogP contribution in [0.1, 0.15) is 30.1 Å². The zero-order valence-corrected chi connectivity index (χ0v) is 13.3. The first kappa shape index (κ1) is 17.5. The summed E-state index contributed by atoms with van der Waals surface area (Å²) in [4.78, 5) is 35.4. The van der Waals surface area contributed by atoms with Crippen molar-refractivity contribution in [1.82, 2.24) is 10.9 Å². The summed E-state index contributed by atoms with van der Waals surface area (Å²) in [5.74, 6) is -2.84. The van der Waals surface area contributed by atoms with Crippen LogP contribution < -0.4 is 15.6 Å². The van der Waals surface area contributed by atoms with Gasteiger partial charge in [0.25, 0.3) is 5.91 Å². The Morgan fingerprint density at radius 3 is 2.29 bits per heavy atom. The summed E-state index contributed by atoms with van der Waals surface area (Å²) >= 11 is 0. The van der Waals surface area contributed by atoms with E-state index in [1.807, 2.05) is 6.92 Å². The van der Waals surface area contributed by atoms with Crippen LogP contribution >= 0.6 is 0 Å². The van der Waals surface area contributed by atoms with Gasteiger partial charge >= 0.3 is 5.97 Å². The summed E-state index contributed by atoms with van der Waals surface area (Å²) in [7, 11) is 0. The van der Waals surface area contributed by atoms with E-state index >= 15 is 0 Å². The second-order valence-corrected chi connectivity index (χ2v) is 5.39. The van der Waals surface area contributed by atoms with Gasteiger partial charge in [-0.1, -0.05) is 12.2 Å². The molecule has 128 valence electrons. The monoisotopic (exact) mass is 332 g/mol. The summed E-state index contributed by atoms with van der Waals surface area (Å²) in [5, 5.41) is 9.17. The summed E-state index contributed by atoms with van der Waals surface area (Å²) < 4.78 is 5.29. The van der Waals surface area contributed by atoms with Crippen LogP contribution in [0.2, 0.25) is 0 Å². The summed E-state index contributed by atoms with van der Waals surface area (Å²) in [5.41, 5.74) is 4.98. The van der Waals surface area contributed by atoms with Gasteiger partial charge in [0, 0.05) is 5.56 Å². The van der Waals surface area contributed by atoms with Gasteiger partial charge in [0.15, 0.2) is 0 Å². The molecule has 0 heterocycles. The van der Waals surface area contributed by atoms with E-state index in [0.29, 0.717) is 30.8 Å². The summed E-state index contributed by atoms with van der Waals surface area (Å²) in [6.07, 6.45) is 4.17. The molecule has 2 rings (SSSR count). The SMILES string of the molecule is CCOc1ccc(C(=O)NNC(=O)[C@@H]2CC=CC[C@@H]2C(=O)O)cc1. The quantitative estimate of drug-likeness (QED) is 0.560. The Hall–Kier alpha value is -2.83. The lowest BCUT2D eigenvalue weighted by Crippen LogP contribution is -2.47. The molecular formula is C17H20N2O5. The highest BCUT2D eigenvalue weighted by molar-refractivity contribution is 5.96. The summed E-state index contributed by atoms with van der Waals surface area (Å²) in [6.45, 7) is 2.39. The number of carboxylic acids is 1. The van der Waals surface area contributed by atoms with Crippen molar-refractivity contribution in [2.75, 3.05) is 6.61 Å². The summed E-state index contributed by atoms with van der Waals surface area (Å²) in [6, 6.07) is 6.48. The van der Waals surface area contributed by atoms with Crippen LogP contribution in [0.15, 0.2) is 36.4 Å². The molecule has 0 radical (unpaired) electrons. The molecule has 0 aromatic heterocycles. The normalized spacial score (nSPS) is 19.4. The van der Waals surface area contributed by atoms with Gasteiger partial charge in [0.2, 0.25) is 5.91 Å². The Kier molecular flexibility index (Phi) is 5.95. The highest BCUT2D eigenvalue weighted by atomic mass is 16.5. The predicted molar refractivity (Wildman–Crippen MR) is 86.2 cm³/mol. The van der Waals surface area contributed by atoms with Gasteiger partial charge in [-0.3, -0.25) is 25.2 Å². The molecule has 7 nitrogen and oxygen atoms in total. The molecule has 0 spiro atoms. The number of carboxylic acid groups (broad SMARTS) is 1. The maximum Gasteiger partial charge on any atom is 0.307 e. The van der Waals surface area contributed by atoms with E-state index in [9.17, 15) is 14.4 Å². The number of hydrogen-bond acceptors (Lipinski definition) is 4. The third-order valence-corrected chi connectivity index (χ3v) is 3.81. The predicted octanol–water partition coefficient (Wildman–Crippen LogP) is 1.51. The van der Waals surface area contributed by atoms with Gasteiger partial charge in [-0.05, 0) is 44.0 Å². The molecule has 3 N–H and O–H groups in total. The fraction of sp³-hybridized carbons (Fsp3) is 0.353. The zero-order chi connectivity index (χ0) is 17.5. The van der Waals surface area contributed by atoms with Crippen molar-refractivity contribution >= 4 is 17.8 Å². The first-order valence-electron chi connectivity index (χ1n) is 7.73. The molecule has 0 aliphatic heterocycles. The standard InChI is InChI=1S/C17H20N2O5/c1-2-24-12-9-7-11(8-10-12)15(20)18-19-16(21)13-5-3-4-6-14(13)17(22)23/h3-4,7-10,13-14H,2,5-6H2,1H3,(H,18,20)(H,19,21)(H,22,23)/t13-,14+/m1/s1. The molecule has 2 atom stereocenters. The van der Waals surface area contributed by atoms with Crippen molar-refractivity contribution in [1.29, 1.82) is 0 Å². The van der Waals surface area contributed by atoms with Crippen molar-refractivity contribution in [2.45, 2.75) is 19.8 Å². The van der Waals surface area contributed by atoms with Gasteiger partial charge in [-0.25, -0.2) is 0 Å². The van der Waals surface area contributed by atoms with E-state index in [1.165, 1.54) is 0 Å². The molecule has 0 bridgehead atoms. The fourth-order valence-electron chi connectivity index (χ4n) is 2.53. The number of aliphatic carboxylic acids is 1. The average Bonchev–Trinajstić information content (AvgIpc) is 2.60. The maximum atomic E-state index is 12.1. The molecule has 2 amide bonds. The third-order valence-electron chi connectivity index (χ3n) is 3.81. The highest BCUT2D eigenvalue weighted by Gasteiger charge is 2.34. The van der Waals surface area contributed by atoms with Gasteiger partial charge in [0.05, 0.1) is 18.4 Å². The van der Waals surface area contributed by atoms with Crippen molar-refractivity contribution in [3.63, 3.8) is 0 Å². The lowest BCUT2D eigenvalue weighted by Gasteiger charge is -2.24. The van der Waals surface area contributed by atoms with Crippen LogP contribution in [0, 0.1) is 11.8 Å². The zero-order valence-electron chi connectivity index (χ0n) is 13.3. The van der Waals surface area contributed by atoms with Crippen LogP contribution in [0.3, 0.4) is 0 Å². The van der Waals surface area contributed by atoms with E-state index in [4.69, 9.17) is 9.84 Å². The van der Waals surface area contributed by atoms with E-state index in [2.05, 4.69) is 10.9 Å². The minimum Gasteiger partial charge on any atom is -0.494 e. The number of amides is 2. The van der Waals surface area contributed by atoms with Gasteiger partial charge in [-0.2, -0.15) is 0 Å². The first-order chi connectivity index (χ1) is 11.5. The Labute approximate surface area is 139 Å². The third kappa shape index (κ3) is 4.34. The number of rotatable bonds is 5. The molecular weight excluding hydrogens is 312 g/mol. The van der Waals surface area contributed by atoms with Crippen LogP contribution in [-0.4, -0.2) is 29.5 Å². The van der Waals surface area contributed by atoms with Gasteiger partial charge < -0.3 is 9.84 Å². The molecule has 1 aromatic carbocycles. The number of nitrogens with one attached hydrogen (secondary N) is 2. The number of benzene rings is 1. The van der Waals surface area contributed by atoms with Crippen molar-refractivity contribution in [3.8, 4) is 5.75 Å². The minimum absolute atomic E-state index is 0.306. The topological polar surface area (TPSA) is 105 Å². The number of hydrogen-bond donors (Lipinski definition) is 3. The molecule has 7 heteroatoms. The average molecular weight is 332 g/mol. The second kappa shape index (κ2) is 8.14. The Morgan fingerprint density at radius 1 is 1.08 bits per heavy atom. The maximum absolute atomic E-state index is 12.1. The van der Waals surface area contributed by atoms with Gasteiger partial charge in [0.1, 0.15) is 5.75 Å². The first-order valence-corrected chi connectivity index (χ1v) is 7.73. The van der Waals surface area contributed by atoms with E-state index in [1.54, 1.807) is 36.4 Å².